The highest BCUT2D eigenvalue weighted by molar-refractivity contribution is 5.94. The molecule has 0 aromatic carbocycles. The highest BCUT2D eigenvalue weighted by Gasteiger charge is 2.33. The van der Waals surface area contributed by atoms with Crippen LogP contribution in [0.25, 0.3) is 0 Å². The first-order chi connectivity index (χ1) is 9.20. The predicted octanol–water partition coefficient (Wildman–Crippen LogP) is 1.80. The molecule has 0 saturated heterocycles. The minimum atomic E-state index is -0.0237. The maximum atomic E-state index is 11.8. The second-order valence-corrected chi connectivity index (χ2v) is 4.85. The summed E-state index contributed by atoms with van der Waals surface area (Å²) in [7, 11) is 0. The van der Waals surface area contributed by atoms with Crippen LogP contribution in [0.4, 0.5) is 5.82 Å². The van der Waals surface area contributed by atoms with Crippen molar-refractivity contribution in [3.8, 4) is 0 Å². The molecule has 3 rings (SSSR count). The molecule has 0 fully saturated rings. The van der Waals surface area contributed by atoms with Gasteiger partial charge in [0.15, 0.2) is 5.82 Å². The van der Waals surface area contributed by atoms with Gasteiger partial charge in [-0.05, 0) is 13.3 Å². The lowest BCUT2D eigenvalue weighted by Crippen LogP contribution is -2.24. The number of amides is 1. The van der Waals surface area contributed by atoms with Crippen LogP contribution in [0.15, 0.2) is 12.4 Å². The van der Waals surface area contributed by atoms with Crippen molar-refractivity contribution in [2.75, 3.05) is 5.32 Å². The fourth-order valence-corrected chi connectivity index (χ4v) is 2.67. The minimum Gasteiger partial charge on any atom is -0.348 e. The average molecular weight is 259 g/mol. The number of H-pyrrole nitrogens is 1. The van der Waals surface area contributed by atoms with E-state index in [4.69, 9.17) is 0 Å². The van der Waals surface area contributed by atoms with Crippen LogP contribution in [-0.2, 0) is 11.3 Å². The zero-order chi connectivity index (χ0) is 13.4. The predicted molar refractivity (Wildman–Crippen MR) is 70.9 cm³/mol. The number of hydrogen-bond acceptors (Lipinski definition) is 3. The van der Waals surface area contributed by atoms with E-state index in [9.17, 15) is 4.79 Å². The number of anilines is 1. The second-order valence-electron chi connectivity index (χ2n) is 4.85. The van der Waals surface area contributed by atoms with Gasteiger partial charge in [0, 0.05) is 36.6 Å². The number of rotatable bonds is 3. The zero-order valence-electron chi connectivity index (χ0n) is 11.1. The summed E-state index contributed by atoms with van der Waals surface area (Å²) in [4.78, 5) is 19.2. The Morgan fingerprint density at radius 2 is 2.37 bits per heavy atom. The Hall–Kier alpha value is -2.11. The third kappa shape index (κ3) is 1.93. The van der Waals surface area contributed by atoms with Gasteiger partial charge in [-0.15, -0.1) is 0 Å². The summed E-state index contributed by atoms with van der Waals surface area (Å²) in [6.45, 7) is 5.02. The third-order valence-corrected chi connectivity index (χ3v) is 3.53. The molecule has 6 nitrogen and oxygen atoms in total. The van der Waals surface area contributed by atoms with Crippen molar-refractivity contribution in [1.82, 2.24) is 19.7 Å². The van der Waals surface area contributed by atoms with Gasteiger partial charge in [0.2, 0.25) is 5.91 Å². The lowest BCUT2D eigenvalue weighted by Gasteiger charge is -2.20. The lowest BCUT2D eigenvalue weighted by molar-refractivity contribution is -0.116. The number of aryl methyl sites for hydroxylation is 1. The largest absolute Gasteiger partial charge is 0.348 e. The third-order valence-electron chi connectivity index (χ3n) is 3.53. The van der Waals surface area contributed by atoms with Crippen molar-refractivity contribution >= 4 is 11.7 Å². The highest BCUT2D eigenvalue weighted by Crippen LogP contribution is 2.37. The second kappa shape index (κ2) is 4.53. The van der Waals surface area contributed by atoms with Crippen LogP contribution >= 0.6 is 0 Å². The van der Waals surface area contributed by atoms with Crippen LogP contribution in [0.5, 0.6) is 0 Å². The molecule has 2 aromatic rings. The van der Waals surface area contributed by atoms with E-state index < -0.39 is 0 Å². The molecule has 0 spiro atoms. The average Bonchev–Trinajstić information content (AvgIpc) is 2.99. The standard InChI is InChI=1S/C13H17N5O/c1-3-6-18-8(2)11-9(12-14-4-5-15-12)7-10(19)16-13(11)17-18/h4-5,9H,3,6-7H2,1-2H3,(H,14,15)(H,16,17,19). The molecule has 0 aliphatic carbocycles. The van der Waals surface area contributed by atoms with E-state index in [1.54, 1.807) is 12.4 Å². The van der Waals surface area contributed by atoms with E-state index in [1.807, 2.05) is 4.68 Å². The van der Waals surface area contributed by atoms with Gasteiger partial charge in [0.25, 0.3) is 0 Å². The summed E-state index contributed by atoms with van der Waals surface area (Å²) in [5.41, 5.74) is 2.20. The highest BCUT2D eigenvalue weighted by atomic mass is 16.1. The van der Waals surface area contributed by atoms with Crippen LogP contribution in [0.1, 0.15) is 42.8 Å². The van der Waals surface area contributed by atoms with Gasteiger partial charge in [-0.2, -0.15) is 5.10 Å². The van der Waals surface area contributed by atoms with Gasteiger partial charge in [0.1, 0.15) is 5.82 Å². The van der Waals surface area contributed by atoms with Gasteiger partial charge in [-0.3, -0.25) is 9.48 Å². The SMILES string of the molecule is CCCn1nc2c(c1C)C(c1ncc[nH]1)CC(=O)N2. The number of nitrogens with zero attached hydrogens (tertiary/aromatic N) is 3. The fraction of sp³-hybridized carbons (Fsp3) is 0.462. The minimum absolute atomic E-state index is 0.00458. The van der Waals surface area contributed by atoms with Crippen molar-refractivity contribution in [1.29, 1.82) is 0 Å². The molecule has 2 aromatic heterocycles. The molecule has 1 atom stereocenters. The summed E-state index contributed by atoms with van der Waals surface area (Å²) in [6.07, 6.45) is 4.93. The summed E-state index contributed by atoms with van der Waals surface area (Å²) in [5, 5.41) is 7.35. The maximum Gasteiger partial charge on any atom is 0.226 e. The number of nitrogens with one attached hydrogen (secondary N) is 2. The zero-order valence-corrected chi connectivity index (χ0v) is 11.1. The van der Waals surface area contributed by atoms with Gasteiger partial charge in [-0.25, -0.2) is 4.98 Å². The number of carbonyl (C=O) groups is 1. The van der Waals surface area contributed by atoms with Crippen molar-refractivity contribution in [2.45, 2.75) is 39.2 Å². The van der Waals surface area contributed by atoms with Gasteiger partial charge >= 0.3 is 0 Å². The van der Waals surface area contributed by atoms with Crippen LogP contribution in [0, 0.1) is 6.92 Å². The Morgan fingerprint density at radius 3 is 3.05 bits per heavy atom. The molecule has 3 heterocycles. The van der Waals surface area contributed by atoms with E-state index in [2.05, 4.69) is 34.2 Å². The first kappa shape index (κ1) is 12.0. The topological polar surface area (TPSA) is 75.6 Å². The van der Waals surface area contributed by atoms with Gasteiger partial charge in [0.05, 0.1) is 5.92 Å². The number of fused-ring (bicyclic) bond motifs is 1. The Kier molecular flexibility index (Phi) is 2.85. The van der Waals surface area contributed by atoms with Crippen LogP contribution in [0.2, 0.25) is 0 Å². The number of aromatic nitrogens is 4. The Bertz CT molecular complexity index is 599. The Labute approximate surface area is 111 Å². The van der Waals surface area contributed by atoms with Gasteiger partial charge in [-0.1, -0.05) is 6.92 Å². The molecule has 1 unspecified atom stereocenters. The molecule has 6 heteroatoms. The first-order valence-electron chi connectivity index (χ1n) is 6.57. The first-order valence-corrected chi connectivity index (χ1v) is 6.57. The number of aromatic amines is 1. The summed E-state index contributed by atoms with van der Waals surface area (Å²) in [6, 6.07) is 0. The van der Waals surface area contributed by atoms with Gasteiger partial charge < -0.3 is 10.3 Å². The quantitative estimate of drug-likeness (QED) is 0.882. The molecule has 100 valence electrons. The van der Waals surface area contributed by atoms with Crippen LogP contribution in [-0.4, -0.2) is 25.7 Å². The van der Waals surface area contributed by atoms with Crippen molar-refractivity contribution in [3.63, 3.8) is 0 Å². The van der Waals surface area contributed by atoms with Crippen molar-refractivity contribution < 1.29 is 4.79 Å². The molecule has 2 N–H and O–H groups in total. The van der Waals surface area contributed by atoms with E-state index in [-0.39, 0.29) is 11.8 Å². The Morgan fingerprint density at radius 1 is 1.53 bits per heavy atom. The van der Waals surface area contributed by atoms with E-state index in [0.717, 1.165) is 30.0 Å². The van der Waals surface area contributed by atoms with Crippen molar-refractivity contribution in [3.05, 3.63) is 29.5 Å². The number of hydrogen-bond donors (Lipinski definition) is 2. The van der Waals surface area contributed by atoms with E-state index >= 15 is 0 Å². The van der Waals surface area contributed by atoms with Crippen molar-refractivity contribution in [2.24, 2.45) is 0 Å². The fourth-order valence-electron chi connectivity index (χ4n) is 2.67. The monoisotopic (exact) mass is 259 g/mol. The van der Waals surface area contributed by atoms with E-state index in [1.165, 1.54) is 0 Å². The van der Waals surface area contributed by atoms with Crippen LogP contribution < -0.4 is 5.32 Å². The summed E-state index contributed by atoms with van der Waals surface area (Å²) in [5.74, 6) is 1.48. The summed E-state index contributed by atoms with van der Waals surface area (Å²) >= 11 is 0. The molecule has 0 radical (unpaired) electrons. The molecule has 19 heavy (non-hydrogen) atoms. The Balaban J connectivity index is 2.09. The molecule has 0 bridgehead atoms. The normalized spacial score (nSPS) is 18.2. The molecule has 1 amide bonds. The van der Waals surface area contributed by atoms with Crippen LogP contribution in [0.3, 0.4) is 0 Å². The molecule has 0 saturated carbocycles. The molecular formula is C13H17N5O. The summed E-state index contributed by atoms with van der Waals surface area (Å²) < 4.78 is 1.96. The number of imidazole rings is 1. The lowest BCUT2D eigenvalue weighted by atomic mass is 9.91. The maximum absolute atomic E-state index is 11.8. The molecule has 1 aliphatic rings. The smallest absolute Gasteiger partial charge is 0.226 e. The molecular weight excluding hydrogens is 242 g/mol. The molecule has 1 aliphatic heterocycles. The number of carbonyl (C=O) groups excluding carboxylic acids is 1. The van der Waals surface area contributed by atoms with E-state index in [0.29, 0.717) is 12.2 Å².